The Morgan fingerprint density at radius 3 is 2.60 bits per heavy atom. The van der Waals surface area contributed by atoms with Crippen LogP contribution in [-0.4, -0.2) is 4.98 Å². The molecule has 1 aromatic carbocycles. The number of hydrogen-bond donors (Lipinski definition) is 0. The Hall–Kier alpha value is -1.77. The molecule has 0 unspecified atom stereocenters. The van der Waals surface area contributed by atoms with Crippen LogP contribution in [0.1, 0.15) is 11.1 Å². The van der Waals surface area contributed by atoms with E-state index in [9.17, 15) is 8.78 Å². The molecule has 0 spiro atoms. The summed E-state index contributed by atoms with van der Waals surface area (Å²) in [5.74, 6) is -0.675. The topological polar surface area (TPSA) is 12.9 Å². The number of benzene rings is 1. The van der Waals surface area contributed by atoms with Crippen LogP contribution in [0, 0.1) is 11.6 Å². The molecule has 0 saturated heterocycles. The van der Waals surface area contributed by atoms with Gasteiger partial charge in [-0.25, -0.2) is 8.78 Å². The second-order valence-corrected chi connectivity index (χ2v) is 3.28. The van der Waals surface area contributed by atoms with Gasteiger partial charge in [-0.15, -0.1) is 0 Å². The van der Waals surface area contributed by atoms with Crippen molar-refractivity contribution in [2.75, 3.05) is 0 Å². The molecular weight excluding hydrogens is 196 g/mol. The minimum absolute atomic E-state index is 0.276. The third kappa shape index (κ3) is 2.37. The number of halogens is 2. The zero-order chi connectivity index (χ0) is 10.7. The smallest absolute Gasteiger partial charge is 0.141 e. The summed E-state index contributed by atoms with van der Waals surface area (Å²) in [4.78, 5) is 3.71. The molecule has 0 aliphatic rings. The molecule has 0 atom stereocenters. The lowest BCUT2D eigenvalue weighted by atomic mass is 10.1. The fourth-order valence-corrected chi connectivity index (χ4v) is 1.41. The van der Waals surface area contributed by atoms with Crippen LogP contribution in [-0.2, 0) is 6.42 Å². The van der Waals surface area contributed by atoms with Crippen LogP contribution in [0.25, 0.3) is 0 Å². The van der Waals surface area contributed by atoms with Crippen LogP contribution < -0.4 is 0 Å². The van der Waals surface area contributed by atoms with Crippen molar-refractivity contribution in [1.82, 2.24) is 4.98 Å². The van der Waals surface area contributed by atoms with Gasteiger partial charge in [0, 0.05) is 12.6 Å². The Labute approximate surface area is 86.4 Å². The van der Waals surface area contributed by atoms with Crippen molar-refractivity contribution in [2.24, 2.45) is 0 Å². The molecule has 0 aliphatic carbocycles. The lowest BCUT2D eigenvalue weighted by Gasteiger charge is -2.02. The van der Waals surface area contributed by atoms with E-state index in [0.717, 1.165) is 6.20 Å². The van der Waals surface area contributed by atoms with Gasteiger partial charge in [-0.2, -0.15) is 0 Å². The molecule has 15 heavy (non-hydrogen) atoms. The van der Waals surface area contributed by atoms with Gasteiger partial charge in [-0.05, 0) is 23.3 Å². The van der Waals surface area contributed by atoms with E-state index < -0.39 is 5.82 Å². The van der Waals surface area contributed by atoms with E-state index in [4.69, 9.17) is 0 Å². The molecule has 0 amide bonds. The third-order valence-corrected chi connectivity index (χ3v) is 2.11. The van der Waals surface area contributed by atoms with Crippen molar-refractivity contribution in [3.8, 4) is 0 Å². The Kier molecular flexibility index (Phi) is 2.72. The molecule has 1 nitrogen and oxygen atoms in total. The van der Waals surface area contributed by atoms with Crippen molar-refractivity contribution in [3.63, 3.8) is 0 Å². The molecule has 0 fully saturated rings. The number of rotatable bonds is 2. The first kappa shape index (κ1) is 9.77. The average Bonchev–Trinajstić information content (AvgIpc) is 2.22. The van der Waals surface area contributed by atoms with Crippen molar-refractivity contribution in [1.29, 1.82) is 0 Å². The van der Waals surface area contributed by atoms with E-state index in [1.165, 1.54) is 18.3 Å². The Balaban J connectivity index is 2.26. The summed E-state index contributed by atoms with van der Waals surface area (Å²) in [6, 6.07) is 7.82. The predicted molar refractivity (Wildman–Crippen MR) is 53.4 cm³/mol. The van der Waals surface area contributed by atoms with Crippen LogP contribution >= 0.6 is 0 Å². The zero-order valence-electron chi connectivity index (χ0n) is 7.95. The first-order valence-corrected chi connectivity index (χ1v) is 4.58. The quantitative estimate of drug-likeness (QED) is 0.734. The average molecular weight is 205 g/mol. The van der Waals surface area contributed by atoms with E-state index in [1.807, 2.05) is 0 Å². The van der Waals surface area contributed by atoms with E-state index in [2.05, 4.69) is 4.98 Å². The number of nitrogens with zero attached hydrogens (tertiary/aromatic N) is 1. The van der Waals surface area contributed by atoms with Gasteiger partial charge < -0.3 is 0 Å². The Morgan fingerprint density at radius 2 is 1.87 bits per heavy atom. The van der Waals surface area contributed by atoms with Gasteiger partial charge in [0.1, 0.15) is 11.6 Å². The fourth-order valence-electron chi connectivity index (χ4n) is 1.41. The van der Waals surface area contributed by atoms with Gasteiger partial charge in [0.05, 0.1) is 6.20 Å². The van der Waals surface area contributed by atoms with Gasteiger partial charge >= 0.3 is 0 Å². The van der Waals surface area contributed by atoms with E-state index in [-0.39, 0.29) is 5.82 Å². The van der Waals surface area contributed by atoms with Crippen LogP contribution in [0.5, 0.6) is 0 Å². The molecule has 0 saturated carbocycles. The molecule has 2 aromatic rings. The molecule has 1 aromatic heterocycles. The van der Waals surface area contributed by atoms with Crippen molar-refractivity contribution >= 4 is 0 Å². The van der Waals surface area contributed by atoms with Crippen molar-refractivity contribution < 1.29 is 8.78 Å². The van der Waals surface area contributed by atoms with Crippen LogP contribution in [0.3, 0.4) is 0 Å². The Morgan fingerprint density at radius 1 is 1.07 bits per heavy atom. The summed E-state index contributed by atoms with van der Waals surface area (Å²) >= 11 is 0. The summed E-state index contributed by atoms with van der Waals surface area (Å²) in [7, 11) is 0. The molecular formula is C12H9F2N. The molecule has 1 heterocycles. The molecule has 0 bridgehead atoms. The highest BCUT2D eigenvalue weighted by molar-refractivity contribution is 5.25. The zero-order valence-corrected chi connectivity index (χ0v) is 7.95. The predicted octanol–water partition coefficient (Wildman–Crippen LogP) is 2.95. The number of hydrogen-bond acceptors (Lipinski definition) is 1. The summed E-state index contributed by atoms with van der Waals surface area (Å²) < 4.78 is 26.1. The minimum Gasteiger partial charge on any atom is -0.261 e. The van der Waals surface area contributed by atoms with E-state index in [1.54, 1.807) is 18.2 Å². The highest BCUT2D eigenvalue weighted by atomic mass is 19.1. The third-order valence-electron chi connectivity index (χ3n) is 2.11. The normalized spacial score (nSPS) is 10.3. The second-order valence-electron chi connectivity index (χ2n) is 3.28. The summed E-state index contributed by atoms with van der Waals surface area (Å²) in [6.45, 7) is 0. The maximum Gasteiger partial charge on any atom is 0.141 e. The second kappa shape index (κ2) is 4.17. The number of pyridine rings is 1. The number of aromatic nitrogens is 1. The van der Waals surface area contributed by atoms with Gasteiger partial charge in [0.15, 0.2) is 0 Å². The largest absolute Gasteiger partial charge is 0.261 e. The standard InChI is InChI=1S/C12H9F2N/c13-11-6-9(7-15-8-11)5-10-3-1-2-4-12(10)14/h1-4,6-8H,5H2. The van der Waals surface area contributed by atoms with E-state index >= 15 is 0 Å². The SMILES string of the molecule is Fc1cncc(Cc2ccccc2F)c1. The molecule has 0 N–H and O–H groups in total. The Bertz CT molecular complexity index is 469. The molecule has 3 heteroatoms. The maximum absolute atomic E-state index is 13.3. The van der Waals surface area contributed by atoms with Gasteiger partial charge in [0.25, 0.3) is 0 Å². The van der Waals surface area contributed by atoms with Crippen molar-refractivity contribution in [2.45, 2.75) is 6.42 Å². The minimum atomic E-state index is -0.399. The summed E-state index contributed by atoms with van der Waals surface area (Å²) in [5.41, 5.74) is 1.21. The molecule has 0 aliphatic heterocycles. The molecule has 0 radical (unpaired) electrons. The monoisotopic (exact) mass is 205 g/mol. The summed E-state index contributed by atoms with van der Waals surface area (Å²) in [5, 5.41) is 0. The highest BCUT2D eigenvalue weighted by Crippen LogP contribution is 2.12. The maximum atomic E-state index is 13.3. The first-order chi connectivity index (χ1) is 7.25. The van der Waals surface area contributed by atoms with Gasteiger partial charge in [0.2, 0.25) is 0 Å². The van der Waals surface area contributed by atoms with Gasteiger partial charge in [-0.3, -0.25) is 4.98 Å². The molecule has 2 rings (SSSR count). The van der Waals surface area contributed by atoms with E-state index in [0.29, 0.717) is 17.5 Å². The van der Waals surface area contributed by atoms with Crippen LogP contribution in [0.2, 0.25) is 0 Å². The van der Waals surface area contributed by atoms with Crippen LogP contribution in [0.4, 0.5) is 8.78 Å². The van der Waals surface area contributed by atoms with Crippen LogP contribution in [0.15, 0.2) is 42.7 Å². The van der Waals surface area contributed by atoms with Crippen molar-refractivity contribution in [3.05, 3.63) is 65.5 Å². The fraction of sp³-hybridized carbons (Fsp3) is 0.0833. The first-order valence-electron chi connectivity index (χ1n) is 4.58. The highest BCUT2D eigenvalue weighted by Gasteiger charge is 2.03. The lowest BCUT2D eigenvalue weighted by Crippen LogP contribution is -1.93. The lowest BCUT2D eigenvalue weighted by molar-refractivity contribution is 0.609. The summed E-state index contributed by atoms with van der Waals surface area (Å²) in [6.07, 6.45) is 3.03. The van der Waals surface area contributed by atoms with Gasteiger partial charge in [-0.1, -0.05) is 18.2 Å². The molecule has 76 valence electrons.